The normalized spacial score (nSPS) is 15.6. The van der Waals surface area contributed by atoms with Crippen molar-refractivity contribution >= 4 is 23.9 Å². The van der Waals surface area contributed by atoms with E-state index in [2.05, 4.69) is 16.0 Å². The maximum absolute atomic E-state index is 12.1. The van der Waals surface area contributed by atoms with Crippen molar-refractivity contribution in [2.75, 3.05) is 26.4 Å². The van der Waals surface area contributed by atoms with Crippen molar-refractivity contribution in [2.45, 2.75) is 26.8 Å². The fourth-order valence-electron chi connectivity index (χ4n) is 2.72. The molecule has 0 saturated heterocycles. The van der Waals surface area contributed by atoms with Gasteiger partial charge in [0.15, 0.2) is 0 Å². The van der Waals surface area contributed by atoms with Crippen molar-refractivity contribution in [3.05, 3.63) is 41.1 Å². The van der Waals surface area contributed by atoms with Crippen molar-refractivity contribution in [2.24, 2.45) is 0 Å². The fourth-order valence-corrected chi connectivity index (χ4v) is 2.72. The quantitative estimate of drug-likeness (QED) is 0.506. The summed E-state index contributed by atoms with van der Waals surface area (Å²) in [5, 5.41) is 7.44. The Morgan fingerprint density at radius 3 is 2.40 bits per heavy atom. The molecule has 1 heterocycles. The lowest BCUT2D eigenvalue weighted by atomic mass is 10.0. The molecule has 1 aromatic carbocycles. The van der Waals surface area contributed by atoms with Crippen LogP contribution in [0.5, 0.6) is 5.75 Å². The van der Waals surface area contributed by atoms with Gasteiger partial charge in [0.1, 0.15) is 18.9 Å². The van der Waals surface area contributed by atoms with Gasteiger partial charge in [0, 0.05) is 5.56 Å². The second-order valence-electron chi connectivity index (χ2n) is 6.23. The number of carbonyl (C=O) groups is 4. The number of benzene rings is 1. The Morgan fingerprint density at radius 1 is 1.07 bits per heavy atom. The SMILES string of the molecule is CCOC(=O)C1=C(COC(=O)CNC(=O)c2ccc(OCC)cc2)NC(=O)N[C@@H]1C. The molecule has 1 aliphatic rings. The minimum atomic E-state index is -0.731. The Bertz CT molecular complexity index is 833. The molecule has 1 aromatic rings. The Hall–Kier alpha value is -3.56. The van der Waals surface area contributed by atoms with Crippen LogP contribution in [0.2, 0.25) is 0 Å². The molecule has 0 saturated carbocycles. The number of urea groups is 1. The summed E-state index contributed by atoms with van der Waals surface area (Å²) in [4.78, 5) is 47.9. The number of hydrogen-bond donors (Lipinski definition) is 3. The second kappa shape index (κ2) is 10.8. The van der Waals surface area contributed by atoms with Crippen molar-refractivity contribution in [3.63, 3.8) is 0 Å². The average molecular weight is 419 g/mol. The maximum atomic E-state index is 12.1. The topological polar surface area (TPSA) is 132 Å². The number of nitrogens with one attached hydrogen (secondary N) is 3. The van der Waals surface area contributed by atoms with E-state index in [0.717, 1.165) is 0 Å². The lowest BCUT2D eigenvalue weighted by molar-refractivity contribution is -0.142. The molecule has 0 unspecified atom stereocenters. The van der Waals surface area contributed by atoms with E-state index < -0.39 is 29.9 Å². The van der Waals surface area contributed by atoms with E-state index in [0.29, 0.717) is 17.9 Å². The van der Waals surface area contributed by atoms with Crippen LogP contribution in [0.15, 0.2) is 35.5 Å². The van der Waals surface area contributed by atoms with Crippen LogP contribution in [-0.2, 0) is 19.1 Å². The van der Waals surface area contributed by atoms with Crippen LogP contribution in [0, 0.1) is 0 Å². The third-order valence-corrected chi connectivity index (χ3v) is 4.06. The van der Waals surface area contributed by atoms with Crippen LogP contribution in [0.3, 0.4) is 0 Å². The summed E-state index contributed by atoms with van der Waals surface area (Å²) < 4.78 is 15.4. The molecule has 0 spiro atoms. The Labute approximate surface area is 173 Å². The van der Waals surface area contributed by atoms with E-state index in [1.807, 2.05) is 6.92 Å². The molecule has 2 rings (SSSR count). The second-order valence-corrected chi connectivity index (χ2v) is 6.23. The molecule has 0 fully saturated rings. The third kappa shape index (κ3) is 6.23. The molecule has 1 aliphatic heterocycles. The molecule has 162 valence electrons. The Kier molecular flexibility index (Phi) is 8.21. The lowest BCUT2D eigenvalue weighted by Gasteiger charge is -2.26. The smallest absolute Gasteiger partial charge is 0.338 e. The maximum Gasteiger partial charge on any atom is 0.338 e. The molecule has 1 atom stereocenters. The first-order chi connectivity index (χ1) is 14.3. The van der Waals surface area contributed by atoms with Gasteiger partial charge in [-0.3, -0.25) is 9.59 Å². The minimum absolute atomic E-state index is 0.135. The number of hydrogen-bond acceptors (Lipinski definition) is 7. The highest BCUT2D eigenvalue weighted by atomic mass is 16.5. The molecule has 0 aliphatic carbocycles. The van der Waals surface area contributed by atoms with Gasteiger partial charge in [0.25, 0.3) is 5.91 Å². The van der Waals surface area contributed by atoms with Crippen LogP contribution in [-0.4, -0.2) is 56.3 Å². The van der Waals surface area contributed by atoms with Gasteiger partial charge in [-0.1, -0.05) is 0 Å². The van der Waals surface area contributed by atoms with Gasteiger partial charge in [-0.25, -0.2) is 9.59 Å². The monoisotopic (exact) mass is 419 g/mol. The standard InChI is InChI=1S/C20H25N3O7/c1-4-28-14-8-6-13(7-9-14)18(25)21-10-16(24)30-11-15-17(19(26)29-5-2)12(3)22-20(27)23-15/h6-9,12H,4-5,10-11H2,1-3H3,(H,21,25)(H2,22,23,27)/t12-/m1/s1. The predicted octanol–water partition coefficient (Wildman–Crippen LogP) is 0.877. The van der Waals surface area contributed by atoms with Crippen LogP contribution in [0.25, 0.3) is 0 Å². The highest BCUT2D eigenvalue weighted by Crippen LogP contribution is 2.15. The summed E-state index contributed by atoms with van der Waals surface area (Å²) in [6.45, 7) is 5.08. The first-order valence-corrected chi connectivity index (χ1v) is 9.50. The molecule has 10 nitrogen and oxygen atoms in total. The highest BCUT2D eigenvalue weighted by Gasteiger charge is 2.30. The summed E-state index contributed by atoms with van der Waals surface area (Å²) in [6.07, 6.45) is 0. The number of rotatable bonds is 9. The number of esters is 2. The summed E-state index contributed by atoms with van der Waals surface area (Å²) in [6, 6.07) is 5.33. The molecule has 0 aromatic heterocycles. The van der Waals surface area contributed by atoms with Crippen molar-refractivity contribution < 1.29 is 33.4 Å². The van der Waals surface area contributed by atoms with Gasteiger partial charge >= 0.3 is 18.0 Å². The first-order valence-electron chi connectivity index (χ1n) is 9.50. The predicted molar refractivity (Wildman–Crippen MR) is 106 cm³/mol. The van der Waals surface area contributed by atoms with E-state index in [4.69, 9.17) is 14.2 Å². The molecule has 0 radical (unpaired) electrons. The zero-order chi connectivity index (χ0) is 22.1. The molecule has 3 N–H and O–H groups in total. The van der Waals surface area contributed by atoms with Gasteiger partial charge in [0.05, 0.1) is 30.5 Å². The molecule has 30 heavy (non-hydrogen) atoms. The van der Waals surface area contributed by atoms with Crippen molar-refractivity contribution in [1.82, 2.24) is 16.0 Å². The summed E-state index contributed by atoms with van der Waals surface area (Å²) in [5.74, 6) is -1.17. The molecule has 3 amide bonds. The van der Waals surface area contributed by atoms with Crippen LogP contribution < -0.4 is 20.7 Å². The van der Waals surface area contributed by atoms with Gasteiger partial charge in [-0.05, 0) is 45.0 Å². The minimum Gasteiger partial charge on any atom is -0.494 e. The number of amides is 3. The summed E-state index contributed by atoms with van der Waals surface area (Å²) >= 11 is 0. The molecular weight excluding hydrogens is 394 g/mol. The first kappa shape index (κ1) is 22.7. The Balaban J connectivity index is 1.91. The van der Waals surface area contributed by atoms with Gasteiger partial charge in [-0.2, -0.15) is 0 Å². The summed E-state index contributed by atoms with van der Waals surface area (Å²) in [5.41, 5.74) is 0.663. The largest absolute Gasteiger partial charge is 0.494 e. The molecule has 0 bridgehead atoms. The van der Waals surface area contributed by atoms with E-state index in [9.17, 15) is 19.2 Å². The number of ether oxygens (including phenoxy) is 3. The number of carbonyl (C=O) groups excluding carboxylic acids is 4. The van der Waals surface area contributed by atoms with E-state index in [1.165, 1.54) is 0 Å². The van der Waals surface area contributed by atoms with Crippen LogP contribution >= 0.6 is 0 Å². The van der Waals surface area contributed by atoms with Gasteiger partial charge < -0.3 is 30.2 Å². The van der Waals surface area contributed by atoms with Gasteiger partial charge in [0.2, 0.25) is 0 Å². The van der Waals surface area contributed by atoms with Crippen LogP contribution in [0.4, 0.5) is 4.79 Å². The van der Waals surface area contributed by atoms with E-state index in [1.54, 1.807) is 38.1 Å². The lowest BCUT2D eigenvalue weighted by Crippen LogP contribution is -2.50. The van der Waals surface area contributed by atoms with Crippen LogP contribution in [0.1, 0.15) is 31.1 Å². The zero-order valence-electron chi connectivity index (χ0n) is 17.1. The Morgan fingerprint density at radius 2 is 1.77 bits per heavy atom. The van der Waals surface area contributed by atoms with Crippen molar-refractivity contribution in [1.29, 1.82) is 0 Å². The van der Waals surface area contributed by atoms with Crippen molar-refractivity contribution in [3.8, 4) is 5.75 Å². The highest BCUT2D eigenvalue weighted by molar-refractivity contribution is 5.96. The summed E-state index contributed by atoms with van der Waals surface area (Å²) in [7, 11) is 0. The van der Waals surface area contributed by atoms with Gasteiger partial charge in [-0.15, -0.1) is 0 Å². The third-order valence-electron chi connectivity index (χ3n) is 4.06. The molecular formula is C20H25N3O7. The van der Waals surface area contributed by atoms with E-state index in [-0.39, 0.29) is 31.0 Å². The van der Waals surface area contributed by atoms with E-state index >= 15 is 0 Å². The zero-order valence-corrected chi connectivity index (χ0v) is 17.1. The molecule has 10 heteroatoms. The average Bonchev–Trinajstić information content (AvgIpc) is 2.71. The fraction of sp³-hybridized carbons (Fsp3) is 0.400.